The van der Waals surface area contributed by atoms with Crippen molar-refractivity contribution in [3.8, 4) is 0 Å². The number of hydrogen-bond acceptors (Lipinski definition) is 6. The fourth-order valence-electron chi connectivity index (χ4n) is 2.67. The van der Waals surface area contributed by atoms with E-state index in [4.69, 9.17) is 18.9 Å². The number of nitrogens with one attached hydrogen (secondary N) is 2. The quantitative estimate of drug-likeness (QED) is 0.288. The van der Waals surface area contributed by atoms with Crippen LogP contribution in [0, 0.1) is 5.41 Å². The fraction of sp³-hybridized carbons (Fsp3) is 0.917. The molecule has 0 aromatic rings. The summed E-state index contributed by atoms with van der Waals surface area (Å²) in [6, 6.07) is 0. The molecule has 0 aliphatic heterocycles. The summed E-state index contributed by atoms with van der Waals surface area (Å²) in [5.74, 6) is 0.0217. The molecule has 0 saturated carbocycles. The van der Waals surface area contributed by atoms with Gasteiger partial charge in [0.15, 0.2) is 0 Å². The molecule has 8 heteroatoms. The number of amides is 2. The van der Waals surface area contributed by atoms with Gasteiger partial charge in [-0.2, -0.15) is 0 Å². The van der Waals surface area contributed by atoms with E-state index in [2.05, 4.69) is 31.4 Å². The first-order valence-electron chi connectivity index (χ1n) is 11.9. The molecule has 0 heterocycles. The van der Waals surface area contributed by atoms with Crippen LogP contribution in [-0.2, 0) is 28.5 Å². The molecule has 2 amide bonds. The normalized spacial score (nSPS) is 12.1. The van der Waals surface area contributed by atoms with Crippen LogP contribution in [0.3, 0.4) is 0 Å². The van der Waals surface area contributed by atoms with Gasteiger partial charge in [0.25, 0.3) is 0 Å². The van der Waals surface area contributed by atoms with E-state index in [9.17, 15) is 9.59 Å². The molecule has 0 aliphatic carbocycles. The lowest BCUT2D eigenvalue weighted by Crippen LogP contribution is -2.40. The molecule has 0 spiro atoms. The lowest BCUT2D eigenvalue weighted by molar-refractivity contribution is -0.124. The van der Waals surface area contributed by atoms with E-state index >= 15 is 0 Å². The lowest BCUT2D eigenvalue weighted by Gasteiger charge is -2.20. The molecule has 0 aliphatic rings. The molecule has 190 valence electrons. The summed E-state index contributed by atoms with van der Waals surface area (Å²) >= 11 is 0. The Morgan fingerprint density at radius 2 is 1.06 bits per heavy atom. The van der Waals surface area contributed by atoms with Crippen molar-refractivity contribution in [3.05, 3.63) is 0 Å². The van der Waals surface area contributed by atoms with E-state index in [1.54, 1.807) is 0 Å². The summed E-state index contributed by atoms with van der Waals surface area (Å²) in [5, 5.41) is 5.82. The number of carbonyl (C=O) groups excluding carboxylic acids is 2. The average molecular weight is 461 g/mol. The molecular formula is C24H48N2O6. The van der Waals surface area contributed by atoms with E-state index in [-0.39, 0.29) is 17.4 Å². The van der Waals surface area contributed by atoms with Crippen LogP contribution in [0.25, 0.3) is 0 Å². The second-order valence-corrected chi connectivity index (χ2v) is 10.1. The Balaban J connectivity index is 3.28. The second-order valence-electron chi connectivity index (χ2n) is 10.1. The Bertz CT molecular complexity index is 486. The number of carbonyl (C=O) groups is 2. The van der Waals surface area contributed by atoms with Crippen LogP contribution >= 0.6 is 0 Å². The van der Waals surface area contributed by atoms with Crippen molar-refractivity contribution in [3.63, 3.8) is 0 Å². The van der Waals surface area contributed by atoms with Gasteiger partial charge in [0.05, 0.1) is 52.9 Å². The van der Waals surface area contributed by atoms with Gasteiger partial charge in [-0.1, -0.05) is 27.2 Å². The topological polar surface area (TPSA) is 95.1 Å². The highest BCUT2D eigenvalue weighted by atomic mass is 16.6. The molecule has 8 nitrogen and oxygen atoms in total. The Labute approximate surface area is 195 Å². The van der Waals surface area contributed by atoms with E-state index in [0.717, 1.165) is 19.4 Å². The predicted molar refractivity (Wildman–Crippen MR) is 127 cm³/mol. The molecule has 0 saturated heterocycles. The Kier molecular flexibility index (Phi) is 17.5. The van der Waals surface area contributed by atoms with Crippen LogP contribution in [-0.4, -0.2) is 76.8 Å². The first-order chi connectivity index (χ1) is 15.0. The molecule has 0 unspecified atom stereocenters. The highest BCUT2D eigenvalue weighted by molar-refractivity contribution is 5.76. The van der Waals surface area contributed by atoms with Crippen molar-refractivity contribution < 1.29 is 28.5 Å². The molecule has 0 radical (unpaired) electrons. The van der Waals surface area contributed by atoms with Crippen LogP contribution in [0.15, 0.2) is 0 Å². The summed E-state index contributed by atoms with van der Waals surface area (Å²) in [5.41, 5.74) is 0.137. The standard InChI is InChI=1S/C24H48N2O6/c1-23(2,3)11-7-8-12-25-21(27)9-13-29-15-17-31-19-20-32-18-16-30-14-10-22(28)26-24(4,5)6/h7-20H2,1-6H3,(H,25,27)(H,26,28). The predicted octanol–water partition coefficient (Wildman–Crippen LogP) is 3.08. The number of rotatable bonds is 19. The minimum atomic E-state index is -0.217. The van der Waals surface area contributed by atoms with Crippen LogP contribution in [0.4, 0.5) is 0 Å². The maximum atomic E-state index is 11.7. The summed E-state index contributed by atoms with van der Waals surface area (Å²) in [4.78, 5) is 23.3. The third-order valence-electron chi connectivity index (χ3n) is 4.25. The molecule has 32 heavy (non-hydrogen) atoms. The van der Waals surface area contributed by atoms with Gasteiger partial charge in [0.1, 0.15) is 0 Å². The van der Waals surface area contributed by atoms with Crippen LogP contribution in [0.2, 0.25) is 0 Å². The van der Waals surface area contributed by atoms with Crippen molar-refractivity contribution >= 4 is 11.8 Å². The van der Waals surface area contributed by atoms with Gasteiger partial charge in [-0.3, -0.25) is 9.59 Å². The van der Waals surface area contributed by atoms with Crippen molar-refractivity contribution in [2.45, 2.75) is 79.2 Å². The summed E-state index contributed by atoms with van der Waals surface area (Å²) in [6.45, 7) is 16.9. The zero-order chi connectivity index (χ0) is 24.3. The molecule has 0 atom stereocenters. The van der Waals surface area contributed by atoms with E-state index in [1.165, 1.54) is 6.42 Å². The third kappa shape index (κ3) is 25.0. The van der Waals surface area contributed by atoms with Crippen LogP contribution in [0.5, 0.6) is 0 Å². The number of unbranched alkanes of at least 4 members (excludes halogenated alkanes) is 1. The van der Waals surface area contributed by atoms with Gasteiger partial charge in [-0.05, 0) is 39.0 Å². The summed E-state index contributed by atoms with van der Waals surface area (Å²) in [7, 11) is 0. The van der Waals surface area contributed by atoms with Crippen molar-refractivity contribution in [1.82, 2.24) is 10.6 Å². The first-order valence-corrected chi connectivity index (χ1v) is 11.9. The fourth-order valence-corrected chi connectivity index (χ4v) is 2.67. The minimum Gasteiger partial charge on any atom is -0.379 e. The highest BCUT2D eigenvalue weighted by Gasteiger charge is 2.13. The first kappa shape index (κ1) is 30.8. The molecule has 0 aromatic carbocycles. The second kappa shape index (κ2) is 18.2. The molecule has 0 aromatic heterocycles. The van der Waals surface area contributed by atoms with Gasteiger partial charge < -0.3 is 29.6 Å². The smallest absolute Gasteiger partial charge is 0.222 e. The van der Waals surface area contributed by atoms with Crippen LogP contribution in [0.1, 0.15) is 73.6 Å². The van der Waals surface area contributed by atoms with Crippen LogP contribution < -0.4 is 10.6 Å². The Morgan fingerprint density at radius 3 is 1.50 bits per heavy atom. The third-order valence-corrected chi connectivity index (χ3v) is 4.25. The zero-order valence-electron chi connectivity index (χ0n) is 21.3. The minimum absolute atomic E-state index is 0.0127. The van der Waals surface area contributed by atoms with Crippen molar-refractivity contribution in [2.75, 3.05) is 59.4 Å². The molecule has 0 rings (SSSR count). The van der Waals surface area contributed by atoms with Gasteiger partial charge in [-0.15, -0.1) is 0 Å². The van der Waals surface area contributed by atoms with Gasteiger partial charge in [-0.25, -0.2) is 0 Å². The molecule has 0 fully saturated rings. The van der Waals surface area contributed by atoms with E-state index in [0.29, 0.717) is 71.1 Å². The van der Waals surface area contributed by atoms with E-state index in [1.807, 2.05) is 20.8 Å². The van der Waals surface area contributed by atoms with Crippen molar-refractivity contribution in [1.29, 1.82) is 0 Å². The zero-order valence-corrected chi connectivity index (χ0v) is 21.3. The summed E-state index contributed by atoms with van der Waals surface area (Å²) < 4.78 is 21.6. The Hall–Kier alpha value is -1.22. The highest BCUT2D eigenvalue weighted by Crippen LogP contribution is 2.21. The Morgan fingerprint density at radius 1 is 0.625 bits per heavy atom. The molecular weight excluding hydrogens is 412 g/mol. The summed E-state index contributed by atoms with van der Waals surface area (Å²) in [6.07, 6.45) is 4.04. The lowest BCUT2D eigenvalue weighted by atomic mass is 9.90. The van der Waals surface area contributed by atoms with Crippen molar-refractivity contribution in [2.24, 2.45) is 5.41 Å². The average Bonchev–Trinajstić information content (AvgIpc) is 2.65. The van der Waals surface area contributed by atoms with Gasteiger partial charge >= 0.3 is 0 Å². The monoisotopic (exact) mass is 460 g/mol. The molecule has 0 bridgehead atoms. The largest absolute Gasteiger partial charge is 0.379 e. The maximum Gasteiger partial charge on any atom is 0.222 e. The van der Waals surface area contributed by atoms with Gasteiger partial charge in [0.2, 0.25) is 11.8 Å². The SMILES string of the molecule is CC(C)(C)CCCCNC(=O)CCOCCOCCOCCOCCC(=O)NC(C)(C)C. The maximum absolute atomic E-state index is 11.7. The van der Waals surface area contributed by atoms with Gasteiger partial charge in [0, 0.05) is 24.9 Å². The number of ether oxygens (including phenoxy) is 4. The van der Waals surface area contributed by atoms with E-state index < -0.39 is 0 Å². The number of hydrogen-bond donors (Lipinski definition) is 2. The molecule has 2 N–H and O–H groups in total.